The van der Waals surface area contributed by atoms with Crippen molar-refractivity contribution >= 4 is 23.3 Å². The van der Waals surface area contributed by atoms with Crippen molar-refractivity contribution in [3.63, 3.8) is 0 Å². The molecule has 3 heterocycles. The van der Waals surface area contributed by atoms with Crippen LogP contribution in [-0.4, -0.2) is 31.5 Å². The highest BCUT2D eigenvalue weighted by molar-refractivity contribution is 7.99. The van der Waals surface area contributed by atoms with E-state index in [4.69, 9.17) is 10.2 Å². The number of thioether (sulfide) groups is 1. The number of carbonyl (C=O) groups excluding carboxylic acids is 1. The highest BCUT2D eigenvalue weighted by Crippen LogP contribution is 2.20. The van der Waals surface area contributed by atoms with E-state index in [-0.39, 0.29) is 11.7 Å². The molecular formula is C11H9N5O2S. The Balaban J connectivity index is 2.01. The summed E-state index contributed by atoms with van der Waals surface area (Å²) in [6, 6.07) is 7.09. The number of carbonyl (C=O) groups is 1. The van der Waals surface area contributed by atoms with Crippen LogP contribution in [0.2, 0.25) is 0 Å². The first-order valence-electron chi connectivity index (χ1n) is 5.41. The number of furan rings is 1. The number of hydrogen-bond acceptors (Lipinski definition) is 6. The lowest BCUT2D eigenvalue weighted by atomic mass is 10.4. The van der Waals surface area contributed by atoms with Gasteiger partial charge in [0, 0.05) is 0 Å². The molecule has 8 heteroatoms. The molecule has 0 fully saturated rings. The van der Waals surface area contributed by atoms with Gasteiger partial charge in [-0.1, -0.05) is 11.8 Å². The lowest BCUT2D eigenvalue weighted by Gasteiger charge is -2.00. The highest BCUT2D eigenvalue weighted by Gasteiger charge is 2.12. The van der Waals surface area contributed by atoms with Gasteiger partial charge in [-0.3, -0.25) is 4.79 Å². The number of fused-ring (bicyclic) bond motifs is 1. The van der Waals surface area contributed by atoms with Gasteiger partial charge in [-0.2, -0.15) is 9.61 Å². The Kier molecular flexibility index (Phi) is 2.92. The van der Waals surface area contributed by atoms with Gasteiger partial charge in [-0.05, 0) is 24.3 Å². The van der Waals surface area contributed by atoms with Gasteiger partial charge in [0.15, 0.2) is 11.4 Å². The second kappa shape index (κ2) is 4.73. The third-order valence-electron chi connectivity index (χ3n) is 2.34. The van der Waals surface area contributed by atoms with E-state index in [1.807, 2.05) is 0 Å². The molecule has 2 N–H and O–H groups in total. The van der Waals surface area contributed by atoms with Crippen LogP contribution in [0.1, 0.15) is 0 Å². The maximum absolute atomic E-state index is 10.8. The predicted octanol–water partition coefficient (Wildman–Crippen LogP) is 0.962. The van der Waals surface area contributed by atoms with Gasteiger partial charge < -0.3 is 10.2 Å². The molecule has 19 heavy (non-hydrogen) atoms. The molecule has 0 unspecified atom stereocenters. The number of amides is 1. The van der Waals surface area contributed by atoms with Gasteiger partial charge in [0.05, 0.1) is 12.0 Å². The molecule has 0 atom stereocenters. The molecule has 0 saturated carbocycles. The summed E-state index contributed by atoms with van der Waals surface area (Å²) < 4.78 is 6.85. The second-order valence-electron chi connectivity index (χ2n) is 3.70. The zero-order valence-electron chi connectivity index (χ0n) is 9.68. The third-order valence-corrected chi connectivity index (χ3v) is 3.28. The van der Waals surface area contributed by atoms with E-state index >= 15 is 0 Å². The van der Waals surface area contributed by atoms with Gasteiger partial charge in [-0.15, -0.1) is 10.2 Å². The van der Waals surface area contributed by atoms with Crippen molar-refractivity contribution in [2.75, 3.05) is 5.75 Å². The quantitative estimate of drug-likeness (QED) is 0.712. The van der Waals surface area contributed by atoms with Gasteiger partial charge in [-0.25, -0.2) is 0 Å². The molecule has 0 aliphatic rings. The minimum Gasteiger partial charge on any atom is -0.461 e. The average Bonchev–Trinajstić information content (AvgIpc) is 3.04. The Bertz CT molecular complexity index is 722. The highest BCUT2D eigenvalue weighted by atomic mass is 32.2. The van der Waals surface area contributed by atoms with E-state index in [2.05, 4.69) is 15.3 Å². The number of primary amides is 1. The topological polar surface area (TPSA) is 99.3 Å². The Morgan fingerprint density at radius 2 is 2.26 bits per heavy atom. The molecule has 0 spiro atoms. The summed E-state index contributed by atoms with van der Waals surface area (Å²) in [7, 11) is 0. The van der Waals surface area contributed by atoms with Crippen LogP contribution in [0.4, 0.5) is 0 Å². The van der Waals surface area contributed by atoms with Crippen LogP contribution in [0.25, 0.3) is 17.2 Å². The van der Waals surface area contributed by atoms with Gasteiger partial charge in [0.25, 0.3) is 0 Å². The Morgan fingerprint density at radius 3 is 3.00 bits per heavy atom. The van der Waals surface area contributed by atoms with Crippen molar-refractivity contribution in [1.82, 2.24) is 19.8 Å². The Labute approximate surface area is 111 Å². The van der Waals surface area contributed by atoms with E-state index in [1.54, 1.807) is 35.0 Å². The molecule has 96 valence electrons. The average molecular weight is 275 g/mol. The minimum absolute atomic E-state index is 0.177. The molecular weight excluding hydrogens is 266 g/mol. The summed E-state index contributed by atoms with van der Waals surface area (Å²) in [5.41, 5.74) is 5.71. The molecule has 3 aromatic rings. The van der Waals surface area contributed by atoms with Crippen LogP contribution in [0.3, 0.4) is 0 Å². The molecule has 0 radical (unpaired) electrons. The summed E-state index contributed by atoms with van der Waals surface area (Å²) in [5, 5.41) is 13.0. The van der Waals surface area contributed by atoms with Crippen LogP contribution in [0.15, 0.2) is 40.0 Å². The fourth-order valence-electron chi connectivity index (χ4n) is 1.55. The number of rotatable bonds is 4. The molecule has 0 aliphatic heterocycles. The van der Waals surface area contributed by atoms with E-state index < -0.39 is 0 Å². The molecule has 3 rings (SSSR count). The van der Waals surface area contributed by atoms with E-state index in [1.165, 1.54) is 11.8 Å². The minimum atomic E-state index is -0.387. The maximum atomic E-state index is 10.8. The predicted molar refractivity (Wildman–Crippen MR) is 68.4 cm³/mol. The summed E-state index contributed by atoms with van der Waals surface area (Å²) in [5.74, 6) is 0.886. The zero-order chi connectivity index (χ0) is 13.2. The number of hydrogen-bond donors (Lipinski definition) is 1. The first kappa shape index (κ1) is 11.7. The summed E-state index contributed by atoms with van der Waals surface area (Å²) >= 11 is 1.26. The first-order valence-corrected chi connectivity index (χ1v) is 6.40. The second-order valence-corrected chi connectivity index (χ2v) is 4.69. The summed E-state index contributed by atoms with van der Waals surface area (Å²) in [4.78, 5) is 10.8. The maximum Gasteiger partial charge on any atom is 0.227 e. The standard InChI is InChI=1S/C11H9N5O2S/c12-8(17)6-19-10-4-3-9-13-14-11(16(9)15-10)7-2-1-5-18-7/h1-5H,6H2,(H2,12,17). The fourth-order valence-corrected chi connectivity index (χ4v) is 2.15. The monoisotopic (exact) mass is 275 g/mol. The summed E-state index contributed by atoms with van der Waals surface area (Å²) in [6.07, 6.45) is 1.56. The van der Waals surface area contributed by atoms with Crippen LogP contribution >= 0.6 is 11.8 Å². The molecule has 3 aromatic heterocycles. The van der Waals surface area contributed by atoms with E-state index in [9.17, 15) is 4.79 Å². The van der Waals surface area contributed by atoms with Crippen molar-refractivity contribution in [1.29, 1.82) is 0 Å². The van der Waals surface area contributed by atoms with Crippen LogP contribution in [0.5, 0.6) is 0 Å². The Hall–Kier alpha value is -2.35. The SMILES string of the molecule is NC(=O)CSc1ccc2nnc(-c3ccco3)n2n1. The van der Waals surface area contributed by atoms with Crippen LogP contribution in [0, 0.1) is 0 Å². The number of aromatic nitrogens is 4. The lowest BCUT2D eigenvalue weighted by molar-refractivity contribution is -0.115. The van der Waals surface area contributed by atoms with Crippen molar-refractivity contribution in [3.8, 4) is 11.6 Å². The van der Waals surface area contributed by atoms with Gasteiger partial charge in [0.2, 0.25) is 11.7 Å². The molecule has 7 nitrogen and oxygen atoms in total. The zero-order valence-corrected chi connectivity index (χ0v) is 10.5. The van der Waals surface area contributed by atoms with E-state index in [0.717, 1.165) is 0 Å². The molecule has 0 aromatic carbocycles. The van der Waals surface area contributed by atoms with Crippen LogP contribution in [-0.2, 0) is 4.79 Å². The summed E-state index contributed by atoms with van der Waals surface area (Å²) in [6.45, 7) is 0. The van der Waals surface area contributed by atoms with Crippen molar-refractivity contribution in [3.05, 3.63) is 30.5 Å². The molecule has 0 aliphatic carbocycles. The normalized spacial score (nSPS) is 10.9. The van der Waals surface area contributed by atoms with Crippen molar-refractivity contribution in [2.45, 2.75) is 5.03 Å². The smallest absolute Gasteiger partial charge is 0.227 e. The first-order chi connectivity index (χ1) is 9.24. The largest absolute Gasteiger partial charge is 0.461 e. The third kappa shape index (κ3) is 2.29. The molecule has 0 bridgehead atoms. The Morgan fingerprint density at radius 1 is 1.37 bits per heavy atom. The van der Waals surface area contributed by atoms with Crippen molar-refractivity contribution in [2.24, 2.45) is 5.73 Å². The fraction of sp³-hybridized carbons (Fsp3) is 0.0909. The van der Waals surface area contributed by atoms with Gasteiger partial charge >= 0.3 is 0 Å². The van der Waals surface area contributed by atoms with Crippen LogP contribution < -0.4 is 5.73 Å². The lowest BCUT2D eigenvalue weighted by Crippen LogP contribution is -2.13. The van der Waals surface area contributed by atoms with Crippen molar-refractivity contribution < 1.29 is 9.21 Å². The molecule has 0 saturated heterocycles. The number of nitrogens with zero attached hydrogens (tertiary/aromatic N) is 4. The molecule has 1 amide bonds. The van der Waals surface area contributed by atoms with Gasteiger partial charge in [0.1, 0.15) is 5.03 Å². The van der Waals surface area contributed by atoms with E-state index in [0.29, 0.717) is 22.3 Å². The number of nitrogens with two attached hydrogens (primary N) is 1.